The van der Waals surface area contributed by atoms with Crippen LogP contribution in [-0.4, -0.2) is 26.6 Å². The number of aromatic nitrogens is 1. The van der Waals surface area contributed by atoms with Crippen LogP contribution in [0.4, 0.5) is 0 Å². The molecule has 1 N–H and O–H groups in total. The van der Waals surface area contributed by atoms with E-state index in [1.807, 2.05) is 42.5 Å². The third kappa shape index (κ3) is 4.64. The summed E-state index contributed by atoms with van der Waals surface area (Å²) >= 11 is 0. The van der Waals surface area contributed by atoms with Crippen LogP contribution >= 0.6 is 0 Å². The van der Waals surface area contributed by atoms with Gasteiger partial charge in [-0.15, -0.1) is 0 Å². The van der Waals surface area contributed by atoms with Gasteiger partial charge in [-0.25, -0.2) is 13.1 Å². The molecule has 0 fully saturated rings. The van der Waals surface area contributed by atoms with Crippen molar-refractivity contribution < 1.29 is 13.2 Å². The monoisotopic (exact) mass is 384 g/mol. The lowest BCUT2D eigenvalue weighted by Gasteiger charge is -2.19. The summed E-state index contributed by atoms with van der Waals surface area (Å²) in [6, 6.07) is 16.5. The first-order valence-corrected chi connectivity index (χ1v) is 10.3. The molecule has 0 aliphatic rings. The highest BCUT2D eigenvalue weighted by Gasteiger charge is 2.17. The van der Waals surface area contributed by atoms with Crippen molar-refractivity contribution in [2.75, 3.05) is 13.2 Å². The van der Waals surface area contributed by atoms with Crippen LogP contribution in [0.1, 0.15) is 26.3 Å². The molecule has 0 saturated carbocycles. The highest BCUT2D eigenvalue weighted by molar-refractivity contribution is 7.89. The number of nitrogens with zero attached hydrogens (tertiary/aromatic N) is 1. The van der Waals surface area contributed by atoms with Gasteiger partial charge in [-0.2, -0.15) is 0 Å². The first kappa shape index (κ1) is 19.3. The van der Waals surface area contributed by atoms with Crippen LogP contribution in [0.5, 0.6) is 5.75 Å². The molecule has 0 spiro atoms. The number of pyridine rings is 1. The van der Waals surface area contributed by atoms with E-state index in [0.717, 1.165) is 16.5 Å². The molecular formula is C21H24N2O3S. The normalized spacial score (nSPS) is 12.3. The van der Waals surface area contributed by atoms with Gasteiger partial charge in [0.25, 0.3) is 0 Å². The summed E-state index contributed by atoms with van der Waals surface area (Å²) in [5.74, 6) is 0.641. The second-order valence-electron chi connectivity index (χ2n) is 7.35. The van der Waals surface area contributed by atoms with Gasteiger partial charge >= 0.3 is 0 Å². The smallest absolute Gasteiger partial charge is 0.240 e. The molecule has 3 rings (SSSR count). The molecule has 142 valence electrons. The molecule has 2 aromatic carbocycles. The zero-order valence-electron chi connectivity index (χ0n) is 15.8. The Morgan fingerprint density at radius 1 is 1.00 bits per heavy atom. The number of rotatable bonds is 6. The van der Waals surface area contributed by atoms with Gasteiger partial charge in [-0.05, 0) is 35.2 Å². The Labute approximate surface area is 160 Å². The third-order valence-electron chi connectivity index (χ3n) is 4.28. The minimum absolute atomic E-state index is 0.0178. The van der Waals surface area contributed by atoms with E-state index in [9.17, 15) is 8.42 Å². The van der Waals surface area contributed by atoms with Crippen molar-refractivity contribution in [3.05, 3.63) is 66.4 Å². The summed E-state index contributed by atoms with van der Waals surface area (Å²) in [6.07, 6.45) is 1.71. The summed E-state index contributed by atoms with van der Waals surface area (Å²) in [5.41, 5.74) is 1.84. The van der Waals surface area contributed by atoms with E-state index >= 15 is 0 Å². The number of ether oxygens (including phenoxy) is 1. The predicted octanol–water partition coefficient (Wildman–Crippen LogP) is 3.89. The maximum Gasteiger partial charge on any atom is 0.240 e. The van der Waals surface area contributed by atoms with Gasteiger partial charge < -0.3 is 4.74 Å². The average molecular weight is 385 g/mol. The van der Waals surface area contributed by atoms with Gasteiger partial charge in [0.2, 0.25) is 10.0 Å². The lowest BCUT2D eigenvalue weighted by Crippen LogP contribution is -2.28. The Hall–Kier alpha value is -2.44. The molecule has 0 radical (unpaired) electrons. The fourth-order valence-electron chi connectivity index (χ4n) is 2.75. The molecule has 0 bridgehead atoms. The summed E-state index contributed by atoms with van der Waals surface area (Å²) < 4.78 is 33.2. The van der Waals surface area contributed by atoms with E-state index in [1.54, 1.807) is 18.3 Å². The Morgan fingerprint density at radius 2 is 1.70 bits per heavy atom. The van der Waals surface area contributed by atoms with E-state index in [1.165, 1.54) is 0 Å². The molecule has 0 unspecified atom stereocenters. The zero-order valence-corrected chi connectivity index (χ0v) is 16.6. The van der Waals surface area contributed by atoms with Crippen LogP contribution in [0.15, 0.2) is 65.7 Å². The molecule has 3 aromatic rings. The molecular weight excluding hydrogens is 360 g/mol. The van der Waals surface area contributed by atoms with Crippen LogP contribution in [0.3, 0.4) is 0 Å². The Kier molecular flexibility index (Phi) is 5.48. The number of sulfonamides is 1. The van der Waals surface area contributed by atoms with Crippen molar-refractivity contribution in [1.82, 2.24) is 9.71 Å². The van der Waals surface area contributed by atoms with Crippen molar-refractivity contribution >= 4 is 20.9 Å². The maximum absolute atomic E-state index is 12.4. The second kappa shape index (κ2) is 7.66. The van der Waals surface area contributed by atoms with Crippen LogP contribution < -0.4 is 9.46 Å². The SMILES string of the molecule is CC(C)(C)c1ccc(S(=O)(=O)NCCOc2cccc3cccnc23)cc1. The van der Waals surface area contributed by atoms with E-state index in [2.05, 4.69) is 30.5 Å². The van der Waals surface area contributed by atoms with Crippen LogP contribution in [0.25, 0.3) is 10.9 Å². The van der Waals surface area contributed by atoms with Crippen molar-refractivity contribution in [3.8, 4) is 5.75 Å². The number of para-hydroxylation sites is 1. The number of benzene rings is 2. The molecule has 0 aliphatic heterocycles. The largest absolute Gasteiger partial charge is 0.490 e. The summed E-state index contributed by atoms with van der Waals surface area (Å²) in [7, 11) is -3.57. The maximum atomic E-state index is 12.4. The van der Waals surface area contributed by atoms with Crippen LogP contribution in [0.2, 0.25) is 0 Å². The van der Waals surface area contributed by atoms with E-state index in [4.69, 9.17) is 4.74 Å². The van der Waals surface area contributed by atoms with Gasteiger partial charge in [-0.1, -0.05) is 51.1 Å². The molecule has 0 amide bonds. The Morgan fingerprint density at radius 3 is 2.41 bits per heavy atom. The number of hydrogen-bond acceptors (Lipinski definition) is 4. The van der Waals surface area contributed by atoms with Gasteiger partial charge in [0, 0.05) is 18.1 Å². The minimum atomic E-state index is -3.57. The van der Waals surface area contributed by atoms with Gasteiger partial charge in [0.15, 0.2) is 0 Å². The van der Waals surface area contributed by atoms with E-state index in [0.29, 0.717) is 5.75 Å². The van der Waals surface area contributed by atoms with E-state index < -0.39 is 10.0 Å². The molecule has 27 heavy (non-hydrogen) atoms. The van der Waals surface area contributed by atoms with Gasteiger partial charge in [0.05, 0.1) is 4.90 Å². The van der Waals surface area contributed by atoms with Gasteiger partial charge in [-0.3, -0.25) is 4.98 Å². The van der Waals surface area contributed by atoms with Crippen LogP contribution in [-0.2, 0) is 15.4 Å². The fraction of sp³-hybridized carbons (Fsp3) is 0.286. The number of hydrogen-bond donors (Lipinski definition) is 1. The lowest BCUT2D eigenvalue weighted by atomic mass is 9.87. The van der Waals surface area contributed by atoms with Crippen molar-refractivity contribution in [1.29, 1.82) is 0 Å². The van der Waals surface area contributed by atoms with Gasteiger partial charge in [0.1, 0.15) is 17.9 Å². The lowest BCUT2D eigenvalue weighted by molar-refractivity contribution is 0.326. The minimum Gasteiger partial charge on any atom is -0.490 e. The summed E-state index contributed by atoms with van der Waals surface area (Å²) in [4.78, 5) is 4.57. The summed E-state index contributed by atoms with van der Waals surface area (Å²) in [5, 5.41) is 0.981. The second-order valence-corrected chi connectivity index (χ2v) is 9.12. The predicted molar refractivity (Wildman–Crippen MR) is 108 cm³/mol. The van der Waals surface area contributed by atoms with Crippen molar-refractivity contribution in [2.24, 2.45) is 0 Å². The third-order valence-corrected chi connectivity index (χ3v) is 5.75. The highest BCUT2D eigenvalue weighted by Crippen LogP contribution is 2.24. The molecule has 0 saturated heterocycles. The highest BCUT2D eigenvalue weighted by atomic mass is 32.2. The zero-order chi connectivity index (χ0) is 19.5. The molecule has 0 aliphatic carbocycles. The Bertz CT molecular complexity index is 1020. The topological polar surface area (TPSA) is 68.3 Å². The standard InChI is InChI=1S/C21H24N2O3S/c1-21(2,3)17-9-11-18(12-10-17)27(24,25)23-14-15-26-19-8-4-6-16-7-5-13-22-20(16)19/h4-13,23H,14-15H2,1-3H3. The first-order valence-electron chi connectivity index (χ1n) is 8.84. The average Bonchev–Trinajstić information content (AvgIpc) is 2.65. The van der Waals surface area contributed by atoms with Crippen molar-refractivity contribution in [2.45, 2.75) is 31.1 Å². The van der Waals surface area contributed by atoms with Crippen LogP contribution in [0, 0.1) is 0 Å². The summed E-state index contributed by atoms with van der Waals surface area (Å²) in [6.45, 7) is 6.66. The number of fused-ring (bicyclic) bond motifs is 1. The fourth-order valence-corrected chi connectivity index (χ4v) is 3.76. The van der Waals surface area contributed by atoms with E-state index in [-0.39, 0.29) is 23.5 Å². The quantitative estimate of drug-likeness (QED) is 0.655. The molecule has 5 nitrogen and oxygen atoms in total. The molecule has 1 aromatic heterocycles. The Balaban J connectivity index is 1.61. The number of nitrogens with one attached hydrogen (secondary N) is 1. The molecule has 6 heteroatoms. The first-order chi connectivity index (χ1) is 12.8. The molecule has 1 heterocycles. The molecule has 0 atom stereocenters. The van der Waals surface area contributed by atoms with Crippen molar-refractivity contribution in [3.63, 3.8) is 0 Å².